The Morgan fingerprint density at radius 3 is 1.92 bits per heavy atom. The molecule has 0 aromatic carbocycles. The molecule has 0 amide bonds. The van der Waals surface area contributed by atoms with Crippen LogP contribution in [0.4, 0.5) is 0 Å². The minimum atomic E-state index is -0.902. The van der Waals surface area contributed by atoms with Gasteiger partial charge in [-0.15, -0.1) is 0 Å². The Hall–Kier alpha value is -0.570. The van der Waals surface area contributed by atoms with Crippen LogP contribution in [0.5, 0.6) is 0 Å². The van der Waals surface area contributed by atoms with E-state index in [0.29, 0.717) is 11.8 Å². The van der Waals surface area contributed by atoms with Gasteiger partial charge < -0.3 is 9.84 Å². The van der Waals surface area contributed by atoms with Crippen LogP contribution in [0.3, 0.4) is 0 Å². The lowest BCUT2D eigenvalue weighted by molar-refractivity contribution is -0.146. The van der Waals surface area contributed by atoms with Crippen LogP contribution in [0.15, 0.2) is 0 Å². The molecular weight excluding hydrogens is 156 g/mol. The van der Waals surface area contributed by atoms with Gasteiger partial charge >= 0.3 is 5.97 Å². The molecule has 0 bridgehead atoms. The molecule has 0 rings (SSSR count). The first-order valence-corrected chi connectivity index (χ1v) is 4.28. The van der Waals surface area contributed by atoms with Gasteiger partial charge in [0.15, 0.2) is 0 Å². The molecule has 0 saturated carbocycles. The second kappa shape index (κ2) is 5.14. The van der Waals surface area contributed by atoms with Crippen LogP contribution < -0.4 is 0 Å². The van der Waals surface area contributed by atoms with Gasteiger partial charge in [0.2, 0.25) is 0 Å². The number of hydrogen-bond donors (Lipinski definition) is 1. The number of ether oxygens (including phenoxy) is 1. The summed E-state index contributed by atoms with van der Waals surface area (Å²) in [5.74, 6) is -0.171. The summed E-state index contributed by atoms with van der Waals surface area (Å²) >= 11 is 0. The molecule has 0 heterocycles. The van der Waals surface area contributed by atoms with Gasteiger partial charge in [-0.25, -0.2) is 4.79 Å². The van der Waals surface area contributed by atoms with E-state index in [1.165, 1.54) is 0 Å². The fourth-order valence-electron chi connectivity index (χ4n) is 1.32. The standard InChI is InChI=1S/C9H18O3/c1-6(2)9(7(3)4)12-5-8(10)11/h6-7,9H,5H2,1-4H3,(H,10,11). The third-order valence-corrected chi connectivity index (χ3v) is 1.71. The molecular formula is C9H18O3. The highest BCUT2D eigenvalue weighted by Gasteiger charge is 2.18. The minimum Gasteiger partial charge on any atom is -0.480 e. The minimum absolute atomic E-state index is 0.0427. The van der Waals surface area contributed by atoms with Crippen molar-refractivity contribution in [2.24, 2.45) is 11.8 Å². The predicted molar refractivity (Wildman–Crippen MR) is 47.1 cm³/mol. The summed E-state index contributed by atoms with van der Waals surface area (Å²) in [5.41, 5.74) is 0. The van der Waals surface area contributed by atoms with E-state index in [-0.39, 0.29) is 12.7 Å². The second-order valence-corrected chi connectivity index (χ2v) is 3.66. The number of carbonyl (C=O) groups is 1. The highest BCUT2D eigenvalue weighted by atomic mass is 16.5. The first kappa shape index (κ1) is 11.4. The van der Waals surface area contributed by atoms with E-state index in [0.717, 1.165) is 0 Å². The van der Waals surface area contributed by atoms with Crippen molar-refractivity contribution < 1.29 is 14.6 Å². The number of carboxylic acids is 1. The molecule has 0 aromatic heterocycles. The molecule has 3 heteroatoms. The Morgan fingerprint density at radius 2 is 1.67 bits per heavy atom. The van der Waals surface area contributed by atoms with Crippen molar-refractivity contribution in [2.45, 2.75) is 33.8 Å². The average Bonchev–Trinajstić information content (AvgIpc) is 1.84. The van der Waals surface area contributed by atoms with Crippen LogP contribution >= 0.6 is 0 Å². The Labute approximate surface area is 73.7 Å². The van der Waals surface area contributed by atoms with Crippen LogP contribution in [0.2, 0.25) is 0 Å². The van der Waals surface area contributed by atoms with E-state index in [1.807, 2.05) is 27.7 Å². The van der Waals surface area contributed by atoms with Crippen molar-refractivity contribution >= 4 is 5.97 Å². The van der Waals surface area contributed by atoms with Crippen LogP contribution in [0.25, 0.3) is 0 Å². The Kier molecular flexibility index (Phi) is 4.90. The average molecular weight is 174 g/mol. The lowest BCUT2D eigenvalue weighted by Gasteiger charge is -2.24. The third-order valence-electron chi connectivity index (χ3n) is 1.71. The van der Waals surface area contributed by atoms with Crippen molar-refractivity contribution in [3.05, 3.63) is 0 Å². The summed E-state index contributed by atoms with van der Waals surface area (Å²) < 4.78 is 5.23. The molecule has 3 nitrogen and oxygen atoms in total. The van der Waals surface area contributed by atoms with Crippen molar-refractivity contribution in [1.29, 1.82) is 0 Å². The van der Waals surface area contributed by atoms with Crippen molar-refractivity contribution in [1.82, 2.24) is 0 Å². The van der Waals surface area contributed by atoms with Gasteiger partial charge in [0, 0.05) is 0 Å². The fraction of sp³-hybridized carbons (Fsp3) is 0.889. The summed E-state index contributed by atoms with van der Waals surface area (Å²) in [6.45, 7) is 7.94. The van der Waals surface area contributed by atoms with Crippen molar-refractivity contribution in [3.63, 3.8) is 0 Å². The molecule has 0 aliphatic carbocycles. The van der Waals surface area contributed by atoms with Crippen LogP contribution in [-0.4, -0.2) is 23.8 Å². The second-order valence-electron chi connectivity index (χ2n) is 3.66. The molecule has 0 aromatic rings. The zero-order chi connectivity index (χ0) is 9.72. The van der Waals surface area contributed by atoms with Crippen molar-refractivity contribution in [3.8, 4) is 0 Å². The van der Waals surface area contributed by atoms with E-state index in [1.54, 1.807) is 0 Å². The summed E-state index contributed by atoms with van der Waals surface area (Å²) in [6, 6.07) is 0. The Bertz CT molecular complexity index is 133. The number of carboxylic acid groups (broad SMARTS) is 1. The molecule has 1 N–H and O–H groups in total. The van der Waals surface area contributed by atoms with Gasteiger partial charge in [0.1, 0.15) is 6.61 Å². The third kappa shape index (κ3) is 4.34. The topological polar surface area (TPSA) is 46.5 Å². The molecule has 72 valence electrons. The molecule has 0 atom stereocenters. The van der Waals surface area contributed by atoms with Crippen LogP contribution in [0, 0.1) is 11.8 Å². The smallest absolute Gasteiger partial charge is 0.329 e. The SMILES string of the molecule is CC(C)C(OCC(=O)O)C(C)C. The van der Waals surface area contributed by atoms with E-state index in [4.69, 9.17) is 9.84 Å². The Morgan fingerprint density at radius 1 is 1.25 bits per heavy atom. The highest BCUT2D eigenvalue weighted by molar-refractivity contribution is 5.68. The van der Waals surface area contributed by atoms with Gasteiger partial charge in [-0.2, -0.15) is 0 Å². The lowest BCUT2D eigenvalue weighted by atomic mass is 9.96. The van der Waals surface area contributed by atoms with Crippen LogP contribution in [0.1, 0.15) is 27.7 Å². The summed E-state index contributed by atoms with van der Waals surface area (Å²) in [6.07, 6.45) is 0.0427. The molecule has 0 fully saturated rings. The molecule has 0 spiro atoms. The molecule has 12 heavy (non-hydrogen) atoms. The highest BCUT2D eigenvalue weighted by Crippen LogP contribution is 2.15. The van der Waals surface area contributed by atoms with E-state index in [9.17, 15) is 4.79 Å². The van der Waals surface area contributed by atoms with Crippen LogP contribution in [-0.2, 0) is 9.53 Å². The van der Waals surface area contributed by atoms with Gasteiger partial charge in [-0.1, -0.05) is 27.7 Å². The Balaban J connectivity index is 3.88. The first-order valence-electron chi connectivity index (χ1n) is 4.28. The van der Waals surface area contributed by atoms with Gasteiger partial charge in [0.05, 0.1) is 6.10 Å². The zero-order valence-electron chi connectivity index (χ0n) is 8.20. The molecule has 0 radical (unpaired) electrons. The summed E-state index contributed by atoms with van der Waals surface area (Å²) in [5, 5.41) is 8.40. The zero-order valence-corrected chi connectivity index (χ0v) is 8.20. The summed E-state index contributed by atoms with van der Waals surface area (Å²) in [4.78, 5) is 10.2. The maximum atomic E-state index is 10.2. The number of rotatable bonds is 5. The van der Waals surface area contributed by atoms with Gasteiger partial charge in [0.25, 0.3) is 0 Å². The van der Waals surface area contributed by atoms with Crippen molar-refractivity contribution in [2.75, 3.05) is 6.61 Å². The van der Waals surface area contributed by atoms with Gasteiger partial charge in [-0.3, -0.25) is 0 Å². The first-order chi connectivity index (χ1) is 5.45. The quantitative estimate of drug-likeness (QED) is 0.691. The molecule has 0 aliphatic rings. The molecule has 0 saturated heterocycles. The van der Waals surface area contributed by atoms with Gasteiger partial charge in [-0.05, 0) is 11.8 Å². The van der Waals surface area contributed by atoms with E-state index < -0.39 is 5.97 Å². The van der Waals surface area contributed by atoms with E-state index in [2.05, 4.69) is 0 Å². The predicted octanol–water partition coefficient (Wildman–Crippen LogP) is 1.77. The number of hydrogen-bond acceptors (Lipinski definition) is 2. The lowest BCUT2D eigenvalue weighted by Crippen LogP contribution is -2.28. The fourth-order valence-corrected chi connectivity index (χ4v) is 1.32. The summed E-state index contributed by atoms with van der Waals surface area (Å²) in [7, 11) is 0. The number of aliphatic carboxylic acids is 1. The maximum absolute atomic E-state index is 10.2. The molecule has 0 aliphatic heterocycles. The van der Waals surface area contributed by atoms with E-state index >= 15 is 0 Å². The monoisotopic (exact) mass is 174 g/mol. The largest absolute Gasteiger partial charge is 0.480 e. The normalized spacial score (nSPS) is 11.6. The maximum Gasteiger partial charge on any atom is 0.329 e. The molecule has 0 unspecified atom stereocenters.